The van der Waals surface area contributed by atoms with Crippen molar-refractivity contribution in [3.05, 3.63) is 77.8 Å². The summed E-state index contributed by atoms with van der Waals surface area (Å²) in [5, 5.41) is 19.9. The number of hydrogen-bond donors (Lipinski definition) is 2. The largest absolute Gasteiger partial charge is 0.573 e. The zero-order valence-electron chi connectivity index (χ0n) is 21.1. The Kier molecular flexibility index (Phi) is 9.15. The lowest BCUT2D eigenvalue weighted by Gasteiger charge is -2.09. The van der Waals surface area contributed by atoms with Crippen LogP contribution in [0.1, 0.15) is 28.2 Å². The van der Waals surface area contributed by atoms with E-state index in [2.05, 4.69) is 41.0 Å². The van der Waals surface area contributed by atoms with Gasteiger partial charge in [-0.05, 0) is 29.8 Å². The second kappa shape index (κ2) is 12.9. The zero-order chi connectivity index (χ0) is 29.4. The standard InChI is InChI=1S/C24H22F5N9O3/c25-16(12-38-13-20(33-35-38)23(40)31-11-19-18(26)5-2-7-30-19)6-8-37-14-21(34-36-37)32-22(39)10-15-3-1-4-17(9-15)41-24(27,28)29/h1-5,7,9,13-14,16H,6,8,10-12H2,(H,31,40)(H,32,39). The van der Waals surface area contributed by atoms with E-state index in [1.807, 2.05) is 0 Å². The lowest BCUT2D eigenvalue weighted by atomic mass is 10.1. The van der Waals surface area contributed by atoms with Crippen LogP contribution in [0.15, 0.2) is 55.0 Å². The molecule has 3 heterocycles. The molecule has 0 bridgehead atoms. The van der Waals surface area contributed by atoms with E-state index in [0.29, 0.717) is 0 Å². The minimum atomic E-state index is -4.85. The molecule has 2 N–H and O–H groups in total. The first-order chi connectivity index (χ1) is 19.5. The van der Waals surface area contributed by atoms with Gasteiger partial charge in [0.25, 0.3) is 5.91 Å². The Hall–Kier alpha value is -4.96. The van der Waals surface area contributed by atoms with Gasteiger partial charge in [0.1, 0.15) is 17.7 Å². The first kappa shape index (κ1) is 29.0. The number of anilines is 1. The van der Waals surface area contributed by atoms with E-state index in [1.165, 1.54) is 47.5 Å². The number of halogens is 5. The lowest BCUT2D eigenvalue weighted by Crippen LogP contribution is -2.24. The van der Waals surface area contributed by atoms with Crippen LogP contribution >= 0.6 is 0 Å². The molecular weight excluding hydrogens is 557 g/mol. The number of carbonyl (C=O) groups is 2. The number of ether oxygens (including phenoxy) is 1. The van der Waals surface area contributed by atoms with Crippen molar-refractivity contribution in [2.24, 2.45) is 0 Å². The van der Waals surface area contributed by atoms with Gasteiger partial charge in [-0.15, -0.1) is 23.4 Å². The first-order valence-corrected chi connectivity index (χ1v) is 12.0. The van der Waals surface area contributed by atoms with Crippen molar-refractivity contribution in [3.8, 4) is 5.75 Å². The molecule has 1 unspecified atom stereocenters. The van der Waals surface area contributed by atoms with Gasteiger partial charge >= 0.3 is 6.36 Å². The van der Waals surface area contributed by atoms with Crippen molar-refractivity contribution < 1.29 is 36.3 Å². The minimum absolute atomic E-state index is 0.0108. The van der Waals surface area contributed by atoms with E-state index in [4.69, 9.17) is 0 Å². The van der Waals surface area contributed by atoms with Crippen LogP contribution in [0.3, 0.4) is 0 Å². The molecule has 0 saturated carbocycles. The Morgan fingerprint density at radius 3 is 2.63 bits per heavy atom. The van der Waals surface area contributed by atoms with Gasteiger partial charge in [0.2, 0.25) is 5.91 Å². The summed E-state index contributed by atoms with van der Waals surface area (Å²) in [5.74, 6) is -2.12. The summed E-state index contributed by atoms with van der Waals surface area (Å²) in [6.07, 6.45) is -2.49. The predicted molar refractivity (Wildman–Crippen MR) is 130 cm³/mol. The highest BCUT2D eigenvalue weighted by Crippen LogP contribution is 2.23. The maximum absolute atomic E-state index is 14.5. The van der Waals surface area contributed by atoms with Crippen LogP contribution in [-0.4, -0.2) is 59.3 Å². The fourth-order valence-electron chi connectivity index (χ4n) is 3.55. The molecule has 12 nitrogen and oxygen atoms in total. The number of benzene rings is 1. The highest BCUT2D eigenvalue weighted by Gasteiger charge is 2.31. The van der Waals surface area contributed by atoms with Crippen molar-refractivity contribution in [2.75, 3.05) is 5.32 Å². The smallest absolute Gasteiger partial charge is 0.406 e. The molecule has 0 aliphatic rings. The van der Waals surface area contributed by atoms with E-state index in [9.17, 15) is 31.5 Å². The van der Waals surface area contributed by atoms with Gasteiger partial charge in [-0.25, -0.2) is 13.5 Å². The molecule has 0 aliphatic carbocycles. The fourth-order valence-corrected chi connectivity index (χ4v) is 3.55. The van der Waals surface area contributed by atoms with Gasteiger partial charge < -0.3 is 15.4 Å². The average Bonchev–Trinajstić information content (AvgIpc) is 3.55. The molecule has 0 fully saturated rings. The normalized spacial score (nSPS) is 12.1. The molecule has 0 spiro atoms. The lowest BCUT2D eigenvalue weighted by molar-refractivity contribution is -0.274. The van der Waals surface area contributed by atoms with Crippen LogP contribution in [0.25, 0.3) is 0 Å². The third kappa shape index (κ3) is 9.04. The molecular formula is C24H22F5N9O3. The van der Waals surface area contributed by atoms with Gasteiger partial charge in [-0.3, -0.25) is 19.3 Å². The quantitative estimate of drug-likeness (QED) is 0.244. The van der Waals surface area contributed by atoms with E-state index in [1.54, 1.807) is 0 Å². The number of alkyl halides is 4. The number of carbonyl (C=O) groups excluding carboxylic acids is 2. The molecule has 0 saturated heterocycles. The van der Waals surface area contributed by atoms with Crippen molar-refractivity contribution >= 4 is 17.6 Å². The molecule has 3 aromatic heterocycles. The number of amides is 2. The highest BCUT2D eigenvalue weighted by atomic mass is 19.4. The molecule has 0 radical (unpaired) electrons. The monoisotopic (exact) mass is 579 g/mol. The number of nitrogens with zero attached hydrogens (tertiary/aromatic N) is 7. The first-order valence-electron chi connectivity index (χ1n) is 12.0. The van der Waals surface area contributed by atoms with Crippen LogP contribution in [0, 0.1) is 5.82 Å². The zero-order valence-corrected chi connectivity index (χ0v) is 21.1. The molecule has 0 aliphatic heterocycles. The maximum atomic E-state index is 14.5. The van der Waals surface area contributed by atoms with Crippen LogP contribution in [0.5, 0.6) is 5.75 Å². The molecule has 1 aromatic carbocycles. The summed E-state index contributed by atoms with van der Waals surface area (Å²) in [4.78, 5) is 28.3. The molecule has 4 aromatic rings. The Morgan fingerprint density at radius 1 is 1.05 bits per heavy atom. The Labute approximate surface area is 228 Å². The molecule has 2 amide bonds. The molecule has 216 valence electrons. The number of nitrogens with one attached hydrogen (secondary N) is 2. The second-order valence-electron chi connectivity index (χ2n) is 8.61. The SMILES string of the molecule is O=C(Cc1cccc(OC(F)(F)F)c1)Nc1cn(CCC(F)Cn2cc(C(=O)NCc3ncccc3F)nn2)nn1. The number of aromatic nitrogens is 7. The van der Waals surface area contributed by atoms with Gasteiger partial charge in [-0.1, -0.05) is 22.6 Å². The van der Waals surface area contributed by atoms with E-state index < -0.39 is 35.9 Å². The Bertz CT molecular complexity index is 1490. The number of hydrogen-bond acceptors (Lipinski definition) is 8. The van der Waals surface area contributed by atoms with Crippen molar-refractivity contribution in [3.63, 3.8) is 0 Å². The van der Waals surface area contributed by atoms with E-state index in [-0.39, 0.29) is 55.2 Å². The molecule has 4 rings (SSSR count). The van der Waals surface area contributed by atoms with Crippen molar-refractivity contribution in [2.45, 2.75) is 45.0 Å². The summed E-state index contributed by atoms with van der Waals surface area (Å²) >= 11 is 0. The number of rotatable bonds is 12. The topological polar surface area (TPSA) is 142 Å². The summed E-state index contributed by atoms with van der Waals surface area (Å²) < 4.78 is 71.6. The summed E-state index contributed by atoms with van der Waals surface area (Å²) in [5.41, 5.74) is 0.259. The average molecular weight is 579 g/mol. The molecule has 17 heteroatoms. The van der Waals surface area contributed by atoms with E-state index in [0.717, 1.165) is 16.8 Å². The van der Waals surface area contributed by atoms with Crippen LogP contribution in [-0.2, 0) is 30.8 Å². The van der Waals surface area contributed by atoms with Crippen LogP contribution < -0.4 is 15.4 Å². The predicted octanol–water partition coefficient (Wildman–Crippen LogP) is 2.84. The van der Waals surface area contributed by atoms with Gasteiger partial charge in [0.05, 0.1) is 37.6 Å². The van der Waals surface area contributed by atoms with Crippen molar-refractivity contribution in [1.29, 1.82) is 0 Å². The third-order valence-electron chi connectivity index (χ3n) is 5.38. The Morgan fingerprint density at radius 2 is 1.85 bits per heavy atom. The van der Waals surface area contributed by atoms with Gasteiger partial charge in [0.15, 0.2) is 11.5 Å². The fraction of sp³-hybridized carbons (Fsp3) is 0.292. The highest BCUT2D eigenvalue weighted by molar-refractivity contribution is 5.92. The van der Waals surface area contributed by atoms with Crippen LogP contribution in [0.4, 0.5) is 27.8 Å². The summed E-state index contributed by atoms with van der Waals surface area (Å²) in [6, 6.07) is 7.65. The number of aryl methyl sites for hydroxylation is 1. The third-order valence-corrected chi connectivity index (χ3v) is 5.38. The number of pyridine rings is 1. The summed E-state index contributed by atoms with van der Waals surface area (Å²) in [6.45, 7) is -0.266. The molecule has 1 atom stereocenters. The second-order valence-corrected chi connectivity index (χ2v) is 8.61. The molecule has 41 heavy (non-hydrogen) atoms. The Balaban J connectivity index is 1.20. The van der Waals surface area contributed by atoms with E-state index >= 15 is 0 Å². The van der Waals surface area contributed by atoms with Crippen LogP contribution in [0.2, 0.25) is 0 Å². The summed E-state index contributed by atoms with van der Waals surface area (Å²) in [7, 11) is 0. The van der Waals surface area contributed by atoms with Gasteiger partial charge in [0, 0.05) is 19.2 Å². The maximum Gasteiger partial charge on any atom is 0.573 e. The minimum Gasteiger partial charge on any atom is -0.406 e. The van der Waals surface area contributed by atoms with Gasteiger partial charge in [-0.2, -0.15) is 0 Å². The van der Waals surface area contributed by atoms with Crippen molar-refractivity contribution in [1.82, 2.24) is 40.3 Å².